The number of amides is 3. The Bertz CT molecular complexity index is 611. The Labute approximate surface area is 159 Å². The lowest BCUT2D eigenvalue weighted by Gasteiger charge is -2.26. The van der Waals surface area contributed by atoms with Gasteiger partial charge in [0, 0.05) is 48.4 Å². The van der Waals surface area contributed by atoms with Crippen molar-refractivity contribution in [2.75, 3.05) is 43.0 Å². The van der Waals surface area contributed by atoms with Gasteiger partial charge in [-0.1, -0.05) is 18.9 Å². The minimum Gasteiger partial charge on any atom is -0.337 e. The summed E-state index contributed by atoms with van der Waals surface area (Å²) in [5.41, 5.74) is 1.27. The maximum atomic E-state index is 12.6. The van der Waals surface area contributed by atoms with Gasteiger partial charge in [-0.25, -0.2) is 4.79 Å². The standard InChI is InChI=1S/C19H28N4O2S/c24-18(23-9-11-26-12-10-23)15-5-4-7-16(13-15)22-19(25)21-14-17-6-2-1-3-8-20-17/h4-5,7,13,17,20H,1-3,6,8-12,14H2,(H2,21,22,25). The molecular weight excluding hydrogens is 348 g/mol. The third-order valence-corrected chi connectivity index (χ3v) is 5.78. The van der Waals surface area contributed by atoms with E-state index >= 15 is 0 Å². The first-order valence-corrected chi connectivity index (χ1v) is 10.6. The van der Waals surface area contributed by atoms with Gasteiger partial charge in [-0.2, -0.15) is 11.8 Å². The maximum absolute atomic E-state index is 12.6. The van der Waals surface area contributed by atoms with Crippen LogP contribution in [0.25, 0.3) is 0 Å². The van der Waals surface area contributed by atoms with Gasteiger partial charge in [-0.05, 0) is 37.6 Å². The van der Waals surface area contributed by atoms with Crippen LogP contribution in [0, 0.1) is 0 Å². The molecule has 3 N–H and O–H groups in total. The van der Waals surface area contributed by atoms with E-state index in [1.807, 2.05) is 34.9 Å². The van der Waals surface area contributed by atoms with E-state index in [1.54, 1.807) is 6.07 Å². The van der Waals surface area contributed by atoms with E-state index in [4.69, 9.17) is 0 Å². The maximum Gasteiger partial charge on any atom is 0.319 e. The second-order valence-corrected chi connectivity index (χ2v) is 8.05. The molecular formula is C19H28N4O2S. The molecule has 0 aliphatic carbocycles. The van der Waals surface area contributed by atoms with Crippen LogP contribution in [0.5, 0.6) is 0 Å². The van der Waals surface area contributed by atoms with E-state index in [1.165, 1.54) is 19.3 Å². The van der Waals surface area contributed by atoms with Crippen molar-refractivity contribution in [1.29, 1.82) is 0 Å². The number of carbonyl (C=O) groups excluding carboxylic acids is 2. The summed E-state index contributed by atoms with van der Waals surface area (Å²) in [6, 6.07) is 7.31. The zero-order valence-corrected chi connectivity index (χ0v) is 15.9. The second-order valence-electron chi connectivity index (χ2n) is 6.82. The molecule has 0 spiro atoms. The van der Waals surface area contributed by atoms with Crippen molar-refractivity contribution in [2.24, 2.45) is 0 Å². The average Bonchev–Trinajstić information content (AvgIpc) is 2.95. The van der Waals surface area contributed by atoms with E-state index in [9.17, 15) is 9.59 Å². The summed E-state index contributed by atoms with van der Waals surface area (Å²) < 4.78 is 0. The highest BCUT2D eigenvalue weighted by molar-refractivity contribution is 7.99. The fourth-order valence-electron chi connectivity index (χ4n) is 3.35. The Morgan fingerprint density at radius 2 is 2.04 bits per heavy atom. The van der Waals surface area contributed by atoms with Crippen molar-refractivity contribution < 1.29 is 9.59 Å². The number of rotatable bonds is 4. The number of hydrogen-bond acceptors (Lipinski definition) is 4. The fourth-order valence-corrected chi connectivity index (χ4v) is 4.25. The lowest BCUT2D eigenvalue weighted by atomic mass is 10.1. The summed E-state index contributed by atoms with van der Waals surface area (Å²) in [6.07, 6.45) is 4.77. The molecule has 3 amide bonds. The molecule has 142 valence electrons. The summed E-state index contributed by atoms with van der Waals surface area (Å²) in [6.45, 7) is 3.22. The topological polar surface area (TPSA) is 73.5 Å². The minimum atomic E-state index is -0.227. The van der Waals surface area contributed by atoms with E-state index in [2.05, 4.69) is 16.0 Å². The summed E-state index contributed by atoms with van der Waals surface area (Å²) in [7, 11) is 0. The number of benzene rings is 1. The predicted molar refractivity (Wildman–Crippen MR) is 107 cm³/mol. The summed E-state index contributed by atoms with van der Waals surface area (Å²) in [5.74, 6) is 2.01. The number of nitrogens with one attached hydrogen (secondary N) is 3. The quantitative estimate of drug-likeness (QED) is 0.755. The molecule has 0 radical (unpaired) electrons. The van der Waals surface area contributed by atoms with Crippen LogP contribution in [-0.2, 0) is 0 Å². The van der Waals surface area contributed by atoms with Crippen LogP contribution in [0.3, 0.4) is 0 Å². The van der Waals surface area contributed by atoms with Crippen LogP contribution < -0.4 is 16.0 Å². The Hall–Kier alpha value is -1.73. The molecule has 6 nitrogen and oxygen atoms in total. The van der Waals surface area contributed by atoms with Gasteiger partial charge in [0.05, 0.1) is 0 Å². The van der Waals surface area contributed by atoms with Crippen LogP contribution in [0.2, 0.25) is 0 Å². The number of anilines is 1. The van der Waals surface area contributed by atoms with Crippen LogP contribution in [0.4, 0.5) is 10.5 Å². The van der Waals surface area contributed by atoms with Crippen molar-refractivity contribution in [2.45, 2.75) is 31.7 Å². The zero-order chi connectivity index (χ0) is 18.2. The molecule has 0 saturated carbocycles. The van der Waals surface area contributed by atoms with Gasteiger partial charge in [0.25, 0.3) is 5.91 Å². The highest BCUT2D eigenvalue weighted by Crippen LogP contribution is 2.16. The van der Waals surface area contributed by atoms with Gasteiger partial charge in [-0.15, -0.1) is 0 Å². The van der Waals surface area contributed by atoms with Gasteiger partial charge < -0.3 is 20.9 Å². The minimum absolute atomic E-state index is 0.0389. The molecule has 2 fully saturated rings. The first-order valence-electron chi connectivity index (χ1n) is 9.48. The van der Waals surface area contributed by atoms with E-state index < -0.39 is 0 Å². The predicted octanol–water partition coefficient (Wildman–Crippen LogP) is 2.53. The molecule has 7 heteroatoms. The van der Waals surface area contributed by atoms with Crippen molar-refractivity contribution in [3.05, 3.63) is 29.8 Å². The molecule has 2 saturated heterocycles. The van der Waals surface area contributed by atoms with Gasteiger partial charge in [0.15, 0.2) is 0 Å². The van der Waals surface area contributed by atoms with Crippen molar-refractivity contribution in [1.82, 2.24) is 15.5 Å². The fraction of sp³-hybridized carbons (Fsp3) is 0.579. The van der Waals surface area contributed by atoms with Gasteiger partial charge in [-0.3, -0.25) is 4.79 Å². The number of hydrogen-bond donors (Lipinski definition) is 3. The molecule has 2 heterocycles. The number of thioether (sulfide) groups is 1. The summed E-state index contributed by atoms with van der Waals surface area (Å²) >= 11 is 1.88. The Balaban J connectivity index is 1.51. The molecule has 1 aromatic rings. The lowest BCUT2D eigenvalue weighted by Crippen LogP contribution is -2.42. The lowest BCUT2D eigenvalue weighted by molar-refractivity contribution is 0.0772. The van der Waals surface area contributed by atoms with Crippen LogP contribution in [-0.4, -0.2) is 60.6 Å². The smallest absolute Gasteiger partial charge is 0.319 e. The van der Waals surface area contributed by atoms with Crippen molar-refractivity contribution in [3.63, 3.8) is 0 Å². The average molecular weight is 377 g/mol. The summed E-state index contributed by atoms with van der Waals surface area (Å²) in [4.78, 5) is 26.6. The van der Waals surface area contributed by atoms with Crippen LogP contribution in [0.1, 0.15) is 36.0 Å². The molecule has 2 aliphatic heterocycles. The molecule has 0 bridgehead atoms. The summed E-state index contributed by atoms with van der Waals surface area (Å²) in [5, 5.41) is 9.24. The Morgan fingerprint density at radius 3 is 2.88 bits per heavy atom. The Kier molecular flexibility index (Phi) is 7.20. The Morgan fingerprint density at radius 1 is 1.19 bits per heavy atom. The van der Waals surface area contributed by atoms with Crippen molar-refractivity contribution in [3.8, 4) is 0 Å². The number of nitrogens with zero attached hydrogens (tertiary/aromatic N) is 1. The third kappa shape index (κ3) is 5.64. The van der Waals surface area contributed by atoms with Gasteiger partial charge >= 0.3 is 6.03 Å². The molecule has 1 unspecified atom stereocenters. The second kappa shape index (κ2) is 9.83. The molecule has 2 aliphatic rings. The highest BCUT2D eigenvalue weighted by atomic mass is 32.2. The normalized spacial score (nSPS) is 20.9. The van der Waals surface area contributed by atoms with Crippen LogP contribution in [0.15, 0.2) is 24.3 Å². The molecule has 1 aromatic carbocycles. The van der Waals surface area contributed by atoms with Crippen LogP contribution >= 0.6 is 11.8 Å². The van der Waals surface area contributed by atoms with Crippen molar-refractivity contribution >= 4 is 29.4 Å². The zero-order valence-electron chi connectivity index (χ0n) is 15.1. The molecule has 1 atom stereocenters. The highest BCUT2D eigenvalue weighted by Gasteiger charge is 2.19. The largest absolute Gasteiger partial charge is 0.337 e. The number of carbonyl (C=O) groups is 2. The molecule has 0 aromatic heterocycles. The SMILES string of the molecule is O=C(NCC1CCCCCN1)Nc1cccc(C(=O)N2CCSCC2)c1. The number of urea groups is 1. The monoisotopic (exact) mass is 376 g/mol. The van der Waals surface area contributed by atoms with Gasteiger partial charge in [0.2, 0.25) is 0 Å². The van der Waals surface area contributed by atoms with E-state index in [0.29, 0.717) is 23.8 Å². The van der Waals surface area contributed by atoms with E-state index in [-0.39, 0.29) is 11.9 Å². The third-order valence-electron chi connectivity index (χ3n) is 4.84. The van der Waals surface area contributed by atoms with Gasteiger partial charge in [0.1, 0.15) is 0 Å². The molecule has 3 rings (SSSR count). The first kappa shape index (κ1) is 19.0. The first-order chi connectivity index (χ1) is 12.7. The van der Waals surface area contributed by atoms with E-state index in [0.717, 1.165) is 37.6 Å². The molecule has 26 heavy (non-hydrogen) atoms.